The second-order valence-corrected chi connectivity index (χ2v) is 9.20. The highest BCUT2D eigenvalue weighted by molar-refractivity contribution is 14.1. The number of anilines is 1. The van der Waals surface area contributed by atoms with Crippen molar-refractivity contribution >= 4 is 46.2 Å². The summed E-state index contributed by atoms with van der Waals surface area (Å²) in [6.07, 6.45) is 0.973. The number of hydrogen-bond donors (Lipinski definition) is 3. The van der Waals surface area contributed by atoms with Crippen LogP contribution in [0.2, 0.25) is 0 Å². The van der Waals surface area contributed by atoms with E-state index in [9.17, 15) is 19.5 Å². The van der Waals surface area contributed by atoms with E-state index >= 15 is 0 Å². The number of carboxylic acids is 1. The van der Waals surface area contributed by atoms with Crippen molar-refractivity contribution < 1.29 is 24.2 Å². The van der Waals surface area contributed by atoms with Crippen LogP contribution in [-0.4, -0.2) is 35.7 Å². The SMILES string of the molecule is C=CCC(NC(=O)OCC1c2ccccc2-c2ccccc21)C(=O)Nc1cc(C(=O)O)ccc1I. The van der Waals surface area contributed by atoms with Gasteiger partial charge in [0.05, 0.1) is 11.3 Å². The molecule has 0 saturated carbocycles. The maximum absolute atomic E-state index is 12.9. The molecule has 0 aromatic heterocycles. The quantitative estimate of drug-likeness (QED) is 0.244. The van der Waals surface area contributed by atoms with Crippen LogP contribution in [0.5, 0.6) is 0 Å². The normalized spacial score (nSPS) is 12.7. The molecule has 3 aromatic carbocycles. The molecule has 0 heterocycles. The minimum Gasteiger partial charge on any atom is -0.478 e. The number of nitrogens with one attached hydrogen (secondary N) is 2. The molecule has 178 valence electrons. The standard InChI is InChI=1S/C27H23IN2O5/c1-2-7-23(25(31)29-24-14-16(26(32)33)12-13-22(24)28)30-27(34)35-15-21-19-10-5-3-8-17(19)18-9-4-6-11-20(18)21/h2-6,8-14,21,23H,1,7,15H2,(H,29,31)(H,30,34)(H,32,33). The predicted molar refractivity (Wildman–Crippen MR) is 142 cm³/mol. The number of benzene rings is 3. The molecule has 0 fully saturated rings. The van der Waals surface area contributed by atoms with Gasteiger partial charge in [0.1, 0.15) is 12.6 Å². The molecule has 0 saturated heterocycles. The molecule has 3 N–H and O–H groups in total. The maximum Gasteiger partial charge on any atom is 0.407 e. The van der Waals surface area contributed by atoms with Gasteiger partial charge in [0.15, 0.2) is 0 Å². The van der Waals surface area contributed by atoms with Gasteiger partial charge in [-0.3, -0.25) is 4.79 Å². The number of amides is 2. The number of aromatic carboxylic acids is 1. The number of rotatable bonds is 8. The van der Waals surface area contributed by atoms with Gasteiger partial charge < -0.3 is 20.5 Å². The Kier molecular flexibility index (Phi) is 7.50. The van der Waals surface area contributed by atoms with Gasteiger partial charge in [0.25, 0.3) is 0 Å². The number of alkyl carbamates (subject to hydrolysis) is 1. The third-order valence-electron chi connectivity index (χ3n) is 5.83. The molecule has 4 rings (SSSR count). The van der Waals surface area contributed by atoms with Crippen LogP contribution < -0.4 is 10.6 Å². The molecule has 3 aromatic rings. The van der Waals surface area contributed by atoms with Gasteiger partial charge in [-0.15, -0.1) is 6.58 Å². The fraction of sp³-hybridized carbons (Fsp3) is 0.148. The lowest BCUT2D eigenvalue weighted by Gasteiger charge is -2.19. The molecule has 0 radical (unpaired) electrons. The first-order chi connectivity index (χ1) is 16.9. The lowest BCUT2D eigenvalue weighted by molar-refractivity contribution is -0.118. The monoisotopic (exact) mass is 582 g/mol. The van der Waals surface area contributed by atoms with Crippen molar-refractivity contribution in [3.05, 3.63) is 99.6 Å². The topological polar surface area (TPSA) is 105 Å². The van der Waals surface area contributed by atoms with E-state index in [2.05, 4.69) is 29.3 Å². The molecule has 35 heavy (non-hydrogen) atoms. The van der Waals surface area contributed by atoms with E-state index in [1.807, 2.05) is 59.0 Å². The van der Waals surface area contributed by atoms with Crippen molar-refractivity contribution in [1.29, 1.82) is 0 Å². The third kappa shape index (κ3) is 5.37. The zero-order chi connectivity index (χ0) is 24.9. The van der Waals surface area contributed by atoms with Crippen molar-refractivity contribution in [2.75, 3.05) is 11.9 Å². The van der Waals surface area contributed by atoms with Crippen LogP contribution in [0.3, 0.4) is 0 Å². The fourth-order valence-corrected chi connectivity index (χ4v) is 4.62. The van der Waals surface area contributed by atoms with Crippen LogP contribution in [0, 0.1) is 3.57 Å². The Balaban J connectivity index is 1.43. The van der Waals surface area contributed by atoms with E-state index in [1.54, 1.807) is 6.07 Å². The second kappa shape index (κ2) is 10.7. The van der Waals surface area contributed by atoms with Gasteiger partial charge in [0, 0.05) is 9.49 Å². The summed E-state index contributed by atoms with van der Waals surface area (Å²) in [6.45, 7) is 3.79. The van der Waals surface area contributed by atoms with Gasteiger partial charge in [-0.25, -0.2) is 9.59 Å². The number of ether oxygens (including phenoxy) is 1. The van der Waals surface area contributed by atoms with E-state index in [0.29, 0.717) is 9.26 Å². The van der Waals surface area contributed by atoms with Crippen molar-refractivity contribution in [1.82, 2.24) is 5.32 Å². The Morgan fingerprint density at radius 2 is 1.66 bits per heavy atom. The maximum atomic E-state index is 12.9. The zero-order valence-corrected chi connectivity index (χ0v) is 20.8. The summed E-state index contributed by atoms with van der Waals surface area (Å²) < 4.78 is 6.21. The molecular weight excluding hydrogens is 559 g/mol. The summed E-state index contributed by atoms with van der Waals surface area (Å²) in [7, 11) is 0. The highest BCUT2D eigenvalue weighted by Gasteiger charge is 2.29. The summed E-state index contributed by atoms with van der Waals surface area (Å²) in [5.74, 6) is -1.70. The first-order valence-electron chi connectivity index (χ1n) is 10.9. The largest absolute Gasteiger partial charge is 0.478 e. The van der Waals surface area contributed by atoms with Crippen LogP contribution in [0.1, 0.15) is 33.8 Å². The fourth-order valence-electron chi connectivity index (χ4n) is 4.15. The van der Waals surface area contributed by atoms with E-state index < -0.39 is 24.0 Å². The highest BCUT2D eigenvalue weighted by Crippen LogP contribution is 2.44. The van der Waals surface area contributed by atoms with Crippen molar-refractivity contribution in [2.45, 2.75) is 18.4 Å². The molecule has 1 aliphatic rings. The van der Waals surface area contributed by atoms with E-state index in [-0.39, 0.29) is 24.5 Å². The summed E-state index contributed by atoms with van der Waals surface area (Å²) >= 11 is 2.00. The molecule has 1 atom stereocenters. The molecule has 8 heteroatoms. The third-order valence-corrected chi connectivity index (χ3v) is 6.77. The van der Waals surface area contributed by atoms with Gasteiger partial charge in [0.2, 0.25) is 5.91 Å². The summed E-state index contributed by atoms with van der Waals surface area (Å²) in [5.41, 5.74) is 4.83. The molecule has 0 aliphatic heterocycles. The minimum atomic E-state index is -1.10. The van der Waals surface area contributed by atoms with E-state index in [0.717, 1.165) is 22.3 Å². The van der Waals surface area contributed by atoms with Crippen molar-refractivity contribution in [3.8, 4) is 11.1 Å². The molecule has 0 spiro atoms. The van der Waals surface area contributed by atoms with Gasteiger partial charge in [-0.05, 0) is 69.5 Å². The summed E-state index contributed by atoms with van der Waals surface area (Å²) in [6, 6.07) is 19.5. The van der Waals surface area contributed by atoms with Gasteiger partial charge >= 0.3 is 12.1 Å². The predicted octanol–water partition coefficient (Wildman–Crippen LogP) is 5.41. The number of carbonyl (C=O) groups is 3. The van der Waals surface area contributed by atoms with Crippen LogP contribution >= 0.6 is 22.6 Å². The number of carbonyl (C=O) groups excluding carboxylic acids is 2. The number of carboxylic acid groups (broad SMARTS) is 1. The lowest BCUT2D eigenvalue weighted by atomic mass is 9.98. The Bertz CT molecular complexity index is 1260. The molecule has 7 nitrogen and oxygen atoms in total. The Labute approximate surface area is 216 Å². The van der Waals surface area contributed by atoms with Crippen LogP contribution in [-0.2, 0) is 9.53 Å². The number of halogens is 1. The molecule has 1 aliphatic carbocycles. The Morgan fingerprint density at radius 1 is 1.03 bits per heavy atom. The first kappa shape index (κ1) is 24.5. The average molecular weight is 582 g/mol. The Morgan fingerprint density at radius 3 is 2.26 bits per heavy atom. The van der Waals surface area contributed by atoms with E-state index in [1.165, 1.54) is 18.2 Å². The van der Waals surface area contributed by atoms with Gasteiger partial charge in [-0.1, -0.05) is 54.6 Å². The first-order valence-corrected chi connectivity index (χ1v) is 12.0. The van der Waals surface area contributed by atoms with Crippen LogP contribution in [0.25, 0.3) is 11.1 Å². The highest BCUT2D eigenvalue weighted by atomic mass is 127. The minimum absolute atomic E-state index is 0.0467. The molecule has 0 bridgehead atoms. The molecule has 2 amide bonds. The number of fused-ring (bicyclic) bond motifs is 3. The molecule has 1 unspecified atom stereocenters. The smallest absolute Gasteiger partial charge is 0.407 e. The van der Waals surface area contributed by atoms with Crippen LogP contribution in [0.15, 0.2) is 79.4 Å². The molecular formula is C27H23IN2O5. The van der Waals surface area contributed by atoms with E-state index in [4.69, 9.17) is 4.74 Å². The Hall–Kier alpha value is -3.66. The lowest BCUT2D eigenvalue weighted by Crippen LogP contribution is -2.44. The van der Waals surface area contributed by atoms with Gasteiger partial charge in [-0.2, -0.15) is 0 Å². The second-order valence-electron chi connectivity index (χ2n) is 8.04. The van der Waals surface area contributed by atoms with Crippen LogP contribution in [0.4, 0.5) is 10.5 Å². The number of hydrogen-bond acceptors (Lipinski definition) is 4. The average Bonchev–Trinajstić information content (AvgIpc) is 3.17. The summed E-state index contributed by atoms with van der Waals surface area (Å²) in [5, 5.41) is 14.5. The summed E-state index contributed by atoms with van der Waals surface area (Å²) in [4.78, 5) is 36.8. The van der Waals surface area contributed by atoms with Crippen molar-refractivity contribution in [2.24, 2.45) is 0 Å². The zero-order valence-electron chi connectivity index (χ0n) is 18.7. The van der Waals surface area contributed by atoms with Crippen molar-refractivity contribution in [3.63, 3.8) is 0 Å².